The van der Waals surface area contributed by atoms with Gasteiger partial charge in [-0.15, -0.1) is 0 Å². The number of nitrogens with one attached hydrogen (secondary N) is 1. The summed E-state index contributed by atoms with van der Waals surface area (Å²) in [5.74, 6) is 0.517. The molecule has 0 bridgehead atoms. The number of hydrogen-bond acceptors (Lipinski definition) is 8. The van der Waals surface area contributed by atoms with Crippen LogP contribution in [-0.4, -0.2) is 43.5 Å². The Balaban J connectivity index is 1.39. The number of rotatable bonds is 7. The fourth-order valence-electron chi connectivity index (χ4n) is 3.47. The van der Waals surface area contributed by atoms with E-state index in [2.05, 4.69) is 14.8 Å². The van der Waals surface area contributed by atoms with Crippen molar-refractivity contribution in [2.75, 3.05) is 19.4 Å². The molecule has 1 aromatic carbocycles. The maximum atomic E-state index is 12.5. The average Bonchev–Trinajstić information content (AvgIpc) is 3.39. The third-order valence-corrected chi connectivity index (χ3v) is 6.06. The second-order valence-electron chi connectivity index (χ2n) is 6.73. The number of nitrogens with two attached hydrogens (primary N) is 1. The molecule has 12 heteroatoms. The lowest BCUT2D eigenvalue weighted by atomic mass is 10.1. The van der Waals surface area contributed by atoms with Gasteiger partial charge in [0, 0.05) is 12.6 Å². The minimum absolute atomic E-state index is 0.117. The third kappa shape index (κ3) is 3.84. The van der Waals surface area contributed by atoms with Crippen molar-refractivity contribution in [3.8, 4) is 5.75 Å². The van der Waals surface area contributed by atoms with Crippen LogP contribution >= 0.6 is 0 Å². The molecule has 3 unspecified atom stereocenters. The number of nitrogen functional groups attached to an aromatic ring is 1. The fourth-order valence-corrected chi connectivity index (χ4v) is 4.38. The van der Waals surface area contributed by atoms with Crippen molar-refractivity contribution in [3.05, 3.63) is 52.5 Å². The number of nitro groups is 1. The van der Waals surface area contributed by atoms with Crippen molar-refractivity contribution in [1.82, 2.24) is 19.3 Å². The quantitative estimate of drug-likeness (QED) is 0.424. The molecule has 1 saturated heterocycles. The molecule has 3 heterocycles. The number of methoxy groups -OCH3 is 1. The van der Waals surface area contributed by atoms with Gasteiger partial charge in [-0.25, -0.2) is 18.4 Å². The molecule has 3 atom stereocenters. The number of ether oxygens (including phenoxy) is 2. The standard InChI is InChI=1S/C18H20N6O5S/c1-28-16-7-3-12(8-15(16)24(25)26)30(27)22-9-11-2-6-17(29-11)13-4-5-14-18(19)20-10-21-23(13)14/h3-5,7-8,10-11,17,22H,2,6,9H2,1H3,(H2,19,20,21). The Morgan fingerprint density at radius 1 is 1.40 bits per heavy atom. The van der Waals surface area contributed by atoms with Crippen molar-refractivity contribution in [2.45, 2.75) is 29.9 Å². The van der Waals surface area contributed by atoms with Crippen LogP contribution in [0.25, 0.3) is 5.52 Å². The number of anilines is 1. The molecule has 0 saturated carbocycles. The highest BCUT2D eigenvalue weighted by Crippen LogP contribution is 2.34. The van der Waals surface area contributed by atoms with E-state index < -0.39 is 15.9 Å². The summed E-state index contributed by atoms with van der Waals surface area (Å²) in [7, 11) is -0.275. The van der Waals surface area contributed by atoms with Gasteiger partial charge in [-0.1, -0.05) is 0 Å². The Labute approximate surface area is 173 Å². The Bertz CT molecular complexity index is 1120. The van der Waals surface area contributed by atoms with Gasteiger partial charge in [-0.2, -0.15) is 5.10 Å². The number of hydrogen-bond donors (Lipinski definition) is 2. The minimum atomic E-state index is -1.62. The maximum absolute atomic E-state index is 12.5. The number of benzene rings is 1. The van der Waals surface area contributed by atoms with E-state index in [1.165, 1.54) is 31.6 Å². The van der Waals surface area contributed by atoms with E-state index in [0.717, 1.165) is 24.1 Å². The molecule has 30 heavy (non-hydrogen) atoms. The van der Waals surface area contributed by atoms with Crippen LogP contribution in [0.2, 0.25) is 0 Å². The van der Waals surface area contributed by atoms with E-state index in [1.54, 1.807) is 4.52 Å². The predicted octanol–water partition coefficient (Wildman–Crippen LogP) is 1.76. The van der Waals surface area contributed by atoms with Crippen LogP contribution in [-0.2, 0) is 15.7 Å². The van der Waals surface area contributed by atoms with E-state index in [1.807, 2.05) is 12.1 Å². The molecule has 1 aliphatic rings. The second kappa shape index (κ2) is 8.34. The first kappa shape index (κ1) is 20.2. The van der Waals surface area contributed by atoms with Crippen LogP contribution in [0.3, 0.4) is 0 Å². The van der Waals surface area contributed by atoms with Gasteiger partial charge in [0.1, 0.15) is 28.9 Å². The average molecular weight is 432 g/mol. The number of fused-ring (bicyclic) bond motifs is 1. The summed E-state index contributed by atoms with van der Waals surface area (Å²) < 4.78 is 28.2. The van der Waals surface area contributed by atoms with E-state index in [-0.39, 0.29) is 23.6 Å². The lowest BCUT2D eigenvalue weighted by Gasteiger charge is -2.14. The van der Waals surface area contributed by atoms with Gasteiger partial charge in [0.05, 0.1) is 28.7 Å². The SMILES string of the molecule is COc1ccc(S(=O)NCC2CCC(c3ccc4c(N)ncnn34)O2)cc1[N+](=O)[O-]. The predicted molar refractivity (Wildman–Crippen MR) is 108 cm³/mol. The van der Waals surface area contributed by atoms with Gasteiger partial charge in [0.25, 0.3) is 0 Å². The smallest absolute Gasteiger partial charge is 0.312 e. The van der Waals surface area contributed by atoms with E-state index in [9.17, 15) is 14.3 Å². The van der Waals surface area contributed by atoms with Crippen molar-refractivity contribution in [2.24, 2.45) is 0 Å². The zero-order chi connectivity index (χ0) is 21.3. The number of nitrogens with zero attached hydrogens (tertiary/aromatic N) is 4. The highest BCUT2D eigenvalue weighted by atomic mass is 32.2. The normalized spacial score (nSPS) is 19.8. The van der Waals surface area contributed by atoms with Crippen LogP contribution in [0.15, 0.2) is 41.6 Å². The molecule has 4 rings (SSSR count). The Morgan fingerprint density at radius 3 is 3.00 bits per heavy atom. The van der Waals surface area contributed by atoms with Crippen molar-refractivity contribution in [1.29, 1.82) is 0 Å². The summed E-state index contributed by atoms with van der Waals surface area (Å²) in [4.78, 5) is 14.9. The molecule has 11 nitrogen and oxygen atoms in total. The Hall–Kier alpha value is -3.09. The van der Waals surface area contributed by atoms with Crippen LogP contribution in [0.5, 0.6) is 5.75 Å². The number of aromatic nitrogens is 3. The van der Waals surface area contributed by atoms with Crippen molar-refractivity contribution in [3.63, 3.8) is 0 Å². The van der Waals surface area contributed by atoms with Crippen molar-refractivity contribution < 1.29 is 18.6 Å². The van der Waals surface area contributed by atoms with Gasteiger partial charge >= 0.3 is 5.69 Å². The van der Waals surface area contributed by atoms with Gasteiger partial charge < -0.3 is 15.2 Å². The van der Waals surface area contributed by atoms with Crippen molar-refractivity contribution >= 4 is 28.0 Å². The molecule has 1 aliphatic heterocycles. The lowest BCUT2D eigenvalue weighted by Crippen LogP contribution is -2.28. The molecule has 3 N–H and O–H groups in total. The molecule has 0 amide bonds. The summed E-state index contributed by atoms with van der Waals surface area (Å²) in [6.45, 7) is 0.337. The Morgan fingerprint density at radius 2 is 2.23 bits per heavy atom. The topological polar surface area (TPSA) is 147 Å². The van der Waals surface area contributed by atoms with Gasteiger partial charge in [-0.3, -0.25) is 10.1 Å². The summed E-state index contributed by atoms with van der Waals surface area (Å²) >= 11 is 0. The molecule has 0 radical (unpaired) electrons. The molecule has 0 aliphatic carbocycles. The highest BCUT2D eigenvalue weighted by molar-refractivity contribution is 7.83. The summed E-state index contributed by atoms with van der Waals surface area (Å²) in [6, 6.07) is 7.97. The summed E-state index contributed by atoms with van der Waals surface area (Å²) in [6.07, 6.45) is 2.63. The lowest BCUT2D eigenvalue weighted by molar-refractivity contribution is -0.386. The zero-order valence-electron chi connectivity index (χ0n) is 16.1. The molecular weight excluding hydrogens is 412 g/mol. The molecule has 0 spiro atoms. The largest absolute Gasteiger partial charge is 0.490 e. The van der Waals surface area contributed by atoms with Gasteiger partial charge in [0.15, 0.2) is 11.6 Å². The second-order valence-corrected chi connectivity index (χ2v) is 8.03. The number of nitro benzene ring substituents is 1. The maximum Gasteiger partial charge on any atom is 0.312 e. The minimum Gasteiger partial charge on any atom is -0.490 e. The van der Waals surface area contributed by atoms with Gasteiger partial charge in [0.2, 0.25) is 0 Å². The van der Waals surface area contributed by atoms with Crippen LogP contribution in [0, 0.1) is 10.1 Å². The first-order chi connectivity index (χ1) is 14.5. The molecule has 1 fully saturated rings. The first-order valence-electron chi connectivity index (χ1n) is 9.19. The monoisotopic (exact) mass is 432 g/mol. The zero-order valence-corrected chi connectivity index (χ0v) is 16.9. The molecule has 3 aromatic rings. The van der Waals surface area contributed by atoms with Crippen LogP contribution in [0.1, 0.15) is 24.6 Å². The third-order valence-electron chi connectivity index (χ3n) is 4.95. The van der Waals surface area contributed by atoms with Crippen LogP contribution < -0.4 is 15.2 Å². The summed E-state index contributed by atoms with van der Waals surface area (Å²) in [5.41, 5.74) is 7.25. The van der Waals surface area contributed by atoms with E-state index >= 15 is 0 Å². The molecule has 158 valence electrons. The van der Waals surface area contributed by atoms with E-state index in [0.29, 0.717) is 17.3 Å². The highest BCUT2D eigenvalue weighted by Gasteiger charge is 2.29. The fraction of sp³-hybridized carbons (Fsp3) is 0.333. The molecule has 2 aromatic heterocycles. The van der Waals surface area contributed by atoms with Crippen LogP contribution in [0.4, 0.5) is 11.5 Å². The molecular formula is C18H20N6O5S. The van der Waals surface area contributed by atoms with E-state index in [4.69, 9.17) is 15.2 Å². The van der Waals surface area contributed by atoms with Gasteiger partial charge in [-0.05, 0) is 37.1 Å². The Kier molecular flexibility index (Phi) is 5.61. The first-order valence-corrected chi connectivity index (χ1v) is 10.3. The summed E-state index contributed by atoms with van der Waals surface area (Å²) in [5, 5.41) is 15.4.